The number of benzene rings is 1. The summed E-state index contributed by atoms with van der Waals surface area (Å²) in [5.41, 5.74) is 5.06. The molecule has 0 spiro atoms. The van der Waals surface area contributed by atoms with Crippen LogP contribution in [0.3, 0.4) is 0 Å². The minimum Gasteiger partial charge on any atom is -0.323 e. The lowest BCUT2D eigenvalue weighted by Gasteiger charge is -2.16. The second-order valence-corrected chi connectivity index (χ2v) is 7.07. The first kappa shape index (κ1) is 17.5. The van der Waals surface area contributed by atoms with Crippen molar-refractivity contribution in [2.24, 2.45) is 7.05 Å². The van der Waals surface area contributed by atoms with Crippen molar-refractivity contribution < 1.29 is 0 Å². The minimum absolute atomic E-state index is 0.0823. The maximum Gasteiger partial charge on any atom is 0.187 e. The Kier molecular flexibility index (Phi) is 4.77. The largest absolute Gasteiger partial charge is 0.323 e. The summed E-state index contributed by atoms with van der Waals surface area (Å²) in [5, 5.41) is 5.06. The van der Waals surface area contributed by atoms with E-state index in [-0.39, 0.29) is 6.04 Å². The van der Waals surface area contributed by atoms with Gasteiger partial charge in [0.15, 0.2) is 5.16 Å². The summed E-state index contributed by atoms with van der Waals surface area (Å²) in [6.07, 6.45) is 11.5. The molecule has 0 N–H and O–H groups in total. The quantitative estimate of drug-likeness (QED) is 0.388. The first-order valence-electron chi connectivity index (χ1n) is 8.64. The van der Waals surface area contributed by atoms with Crippen molar-refractivity contribution in [1.82, 2.24) is 29.3 Å². The molecule has 4 aromatic rings. The number of hydrogen-bond donors (Lipinski definition) is 0. The molecule has 0 aliphatic carbocycles. The van der Waals surface area contributed by atoms with Crippen LogP contribution in [0.5, 0.6) is 0 Å². The summed E-state index contributed by atoms with van der Waals surface area (Å²) in [6.45, 7) is 2.15. The topological polar surface area (TPSA) is 61.4 Å². The standard InChI is InChI=1S/C20H20N6S/c1-14(17-11-24-25(2)12-17)26-13-23-18(15-7-5-4-6-8-15)19(26)16-9-21-20(27-3)22-10-16/h4-14H,1-3H3/t14-/m1/s1. The highest BCUT2D eigenvalue weighted by atomic mass is 32.2. The fourth-order valence-corrected chi connectivity index (χ4v) is 3.42. The first-order valence-corrected chi connectivity index (χ1v) is 9.87. The molecule has 3 aromatic heterocycles. The van der Waals surface area contributed by atoms with Crippen LogP contribution in [0.25, 0.3) is 22.5 Å². The van der Waals surface area contributed by atoms with Gasteiger partial charge in [0.1, 0.15) is 0 Å². The van der Waals surface area contributed by atoms with Gasteiger partial charge in [-0.2, -0.15) is 5.10 Å². The molecule has 3 heterocycles. The van der Waals surface area contributed by atoms with Crippen molar-refractivity contribution in [1.29, 1.82) is 0 Å². The Balaban J connectivity index is 1.87. The summed E-state index contributed by atoms with van der Waals surface area (Å²) < 4.78 is 3.98. The zero-order valence-corrected chi connectivity index (χ0v) is 16.3. The molecule has 0 aliphatic rings. The molecule has 1 aromatic carbocycles. The molecule has 0 bridgehead atoms. The second-order valence-electron chi connectivity index (χ2n) is 6.30. The fourth-order valence-electron chi connectivity index (χ4n) is 3.11. The van der Waals surface area contributed by atoms with Crippen LogP contribution in [0.4, 0.5) is 0 Å². The average molecular weight is 376 g/mol. The zero-order valence-electron chi connectivity index (χ0n) is 15.4. The summed E-state index contributed by atoms with van der Waals surface area (Å²) in [7, 11) is 1.93. The predicted octanol–water partition coefficient (Wildman–Crippen LogP) is 4.07. The zero-order chi connectivity index (χ0) is 18.8. The van der Waals surface area contributed by atoms with Crippen LogP contribution >= 0.6 is 11.8 Å². The molecule has 7 heteroatoms. The number of aromatic nitrogens is 6. The van der Waals surface area contributed by atoms with Gasteiger partial charge in [0.2, 0.25) is 0 Å². The SMILES string of the molecule is CSc1ncc(-c2c(-c3ccccc3)ncn2[C@H](C)c2cnn(C)c2)cn1. The van der Waals surface area contributed by atoms with Gasteiger partial charge >= 0.3 is 0 Å². The Hall–Kier alpha value is -2.93. The first-order chi connectivity index (χ1) is 13.2. The maximum atomic E-state index is 4.73. The molecule has 0 amide bonds. The van der Waals surface area contributed by atoms with Gasteiger partial charge in [0, 0.05) is 42.3 Å². The number of thioether (sulfide) groups is 1. The molecule has 0 saturated heterocycles. The molecule has 0 aliphatic heterocycles. The van der Waals surface area contributed by atoms with Crippen molar-refractivity contribution in [3.05, 3.63) is 67.0 Å². The average Bonchev–Trinajstić information content (AvgIpc) is 3.35. The molecule has 4 rings (SSSR count). The lowest BCUT2D eigenvalue weighted by molar-refractivity contribution is 0.642. The summed E-state index contributed by atoms with van der Waals surface area (Å²) in [5.74, 6) is 0. The van der Waals surface area contributed by atoms with Gasteiger partial charge in [0.25, 0.3) is 0 Å². The molecular formula is C20H20N6S. The molecule has 27 heavy (non-hydrogen) atoms. The highest BCUT2D eigenvalue weighted by molar-refractivity contribution is 7.98. The van der Waals surface area contributed by atoms with Crippen molar-refractivity contribution in [2.45, 2.75) is 18.1 Å². The van der Waals surface area contributed by atoms with Crippen molar-refractivity contribution in [2.75, 3.05) is 6.26 Å². The van der Waals surface area contributed by atoms with Crippen LogP contribution in [-0.4, -0.2) is 35.6 Å². The van der Waals surface area contributed by atoms with Gasteiger partial charge < -0.3 is 4.57 Å². The Labute approximate surface area is 162 Å². The molecule has 0 radical (unpaired) electrons. The normalized spacial score (nSPS) is 12.3. The van der Waals surface area contributed by atoms with E-state index in [9.17, 15) is 0 Å². The Morgan fingerprint density at radius 3 is 2.33 bits per heavy atom. The highest BCUT2D eigenvalue weighted by Gasteiger charge is 2.20. The number of imidazole rings is 1. The van der Waals surface area contributed by atoms with Gasteiger partial charge in [-0.3, -0.25) is 4.68 Å². The van der Waals surface area contributed by atoms with E-state index in [0.29, 0.717) is 0 Å². The third-order valence-corrected chi connectivity index (χ3v) is 5.13. The van der Waals surface area contributed by atoms with Crippen LogP contribution < -0.4 is 0 Å². The maximum absolute atomic E-state index is 4.73. The summed E-state index contributed by atoms with van der Waals surface area (Å²) >= 11 is 1.53. The van der Waals surface area contributed by atoms with Crippen molar-refractivity contribution in [3.63, 3.8) is 0 Å². The number of aryl methyl sites for hydroxylation is 1. The molecule has 0 fully saturated rings. The van der Waals surface area contributed by atoms with Gasteiger partial charge in [-0.1, -0.05) is 42.1 Å². The number of nitrogens with zero attached hydrogens (tertiary/aromatic N) is 6. The number of hydrogen-bond acceptors (Lipinski definition) is 5. The van der Waals surface area contributed by atoms with Crippen LogP contribution in [0, 0.1) is 0 Å². The van der Waals surface area contributed by atoms with Gasteiger partial charge in [-0.25, -0.2) is 15.0 Å². The van der Waals surface area contributed by atoms with Crippen LogP contribution in [0.2, 0.25) is 0 Å². The monoisotopic (exact) mass is 376 g/mol. The smallest absolute Gasteiger partial charge is 0.187 e. The van der Waals surface area contributed by atoms with Gasteiger partial charge in [0.05, 0.1) is 30.0 Å². The van der Waals surface area contributed by atoms with Gasteiger partial charge in [-0.15, -0.1) is 0 Å². The molecule has 6 nitrogen and oxygen atoms in total. The lowest BCUT2D eigenvalue weighted by atomic mass is 10.1. The minimum atomic E-state index is 0.0823. The third-order valence-electron chi connectivity index (χ3n) is 4.55. The third kappa shape index (κ3) is 3.38. The fraction of sp³-hybridized carbons (Fsp3) is 0.200. The van der Waals surface area contributed by atoms with E-state index < -0.39 is 0 Å². The van der Waals surface area contributed by atoms with E-state index in [0.717, 1.165) is 33.2 Å². The second kappa shape index (κ2) is 7.36. The Morgan fingerprint density at radius 1 is 0.963 bits per heavy atom. The van der Waals surface area contributed by atoms with E-state index in [1.807, 2.05) is 67.3 Å². The van der Waals surface area contributed by atoms with Gasteiger partial charge in [-0.05, 0) is 13.2 Å². The molecule has 0 saturated carbocycles. The van der Waals surface area contributed by atoms with E-state index in [1.165, 1.54) is 11.8 Å². The van der Waals surface area contributed by atoms with E-state index in [1.54, 1.807) is 0 Å². The summed E-state index contributed by atoms with van der Waals surface area (Å²) in [6, 6.07) is 10.3. The van der Waals surface area contributed by atoms with Crippen LogP contribution in [-0.2, 0) is 7.05 Å². The highest BCUT2D eigenvalue weighted by Crippen LogP contribution is 2.34. The van der Waals surface area contributed by atoms with E-state index in [2.05, 4.69) is 38.7 Å². The molecule has 136 valence electrons. The van der Waals surface area contributed by atoms with Crippen LogP contribution in [0.1, 0.15) is 18.5 Å². The molecule has 0 unspecified atom stereocenters. The van der Waals surface area contributed by atoms with E-state index in [4.69, 9.17) is 4.98 Å². The van der Waals surface area contributed by atoms with E-state index >= 15 is 0 Å². The molecule has 1 atom stereocenters. The van der Waals surface area contributed by atoms with Crippen LogP contribution in [0.15, 0.2) is 66.6 Å². The van der Waals surface area contributed by atoms with Crippen molar-refractivity contribution >= 4 is 11.8 Å². The Morgan fingerprint density at radius 2 is 1.70 bits per heavy atom. The lowest BCUT2D eigenvalue weighted by Crippen LogP contribution is -2.07. The number of rotatable bonds is 5. The predicted molar refractivity (Wildman–Crippen MR) is 107 cm³/mol. The Bertz CT molecular complexity index is 1040. The van der Waals surface area contributed by atoms with Crippen molar-refractivity contribution in [3.8, 4) is 22.5 Å². The summed E-state index contributed by atoms with van der Waals surface area (Å²) in [4.78, 5) is 13.7. The molecular weight excluding hydrogens is 356 g/mol.